The molecule has 2 amide bonds. The normalized spacial score (nSPS) is 14.6. The molecule has 36 heavy (non-hydrogen) atoms. The van der Waals surface area contributed by atoms with Gasteiger partial charge in [-0.25, -0.2) is 18.6 Å². The molecule has 1 aromatic carbocycles. The number of carbonyl (C=O) groups excluding carboxylic acids is 2. The number of anilines is 1. The molecule has 10 nitrogen and oxygen atoms in total. The summed E-state index contributed by atoms with van der Waals surface area (Å²) >= 11 is 6.21. The first-order valence-corrected chi connectivity index (χ1v) is 11.8. The molecule has 5 rings (SSSR count). The van der Waals surface area contributed by atoms with Crippen LogP contribution in [-0.2, 0) is 4.79 Å². The van der Waals surface area contributed by atoms with E-state index in [9.17, 15) is 9.59 Å². The third kappa shape index (κ3) is 4.61. The third-order valence-corrected chi connectivity index (χ3v) is 6.31. The van der Waals surface area contributed by atoms with Crippen molar-refractivity contribution in [2.75, 3.05) is 12.4 Å². The van der Waals surface area contributed by atoms with Gasteiger partial charge in [-0.15, -0.1) is 0 Å². The Morgan fingerprint density at radius 2 is 2.08 bits per heavy atom. The Bertz CT molecular complexity index is 1430. The van der Waals surface area contributed by atoms with Crippen molar-refractivity contribution in [2.45, 2.75) is 38.0 Å². The molecule has 1 fully saturated rings. The van der Waals surface area contributed by atoms with E-state index in [0.717, 1.165) is 30.4 Å². The largest absolute Gasteiger partial charge is 0.496 e. The second-order valence-corrected chi connectivity index (χ2v) is 8.88. The van der Waals surface area contributed by atoms with Gasteiger partial charge in [-0.1, -0.05) is 24.4 Å². The number of benzene rings is 1. The third-order valence-electron chi connectivity index (χ3n) is 6.07. The Morgan fingerprint density at radius 3 is 2.86 bits per heavy atom. The molecule has 12 heteroatoms. The highest BCUT2D eigenvalue weighted by atomic mass is 35.5. The molecule has 0 spiro atoms. The van der Waals surface area contributed by atoms with E-state index in [-0.39, 0.29) is 23.0 Å². The number of carbonyl (C=O) groups is 2. The summed E-state index contributed by atoms with van der Waals surface area (Å²) in [5.41, 5.74) is 1.32. The van der Waals surface area contributed by atoms with Crippen molar-refractivity contribution in [2.24, 2.45) is 0 Å². The molecule has 0 saturated heterocycles. The maximum absolute atomic E-state index is 15.3. The molecular weight excluding hydrogens is 489 g/mol. The molecule has 1 unspecified atom stereocenters. The quantitative estimate of drug-likeness (QED) is 0.387. The summed E-state index contributed by atoms with van der Waals surface area (Å²) in [6.45, 7) is 0. The number of methoxy groups -OCH3 is 1. The first-order valence-electron chi connectivity index (χ1n) is 11.4. The zero-order valence-corrected chi connectivity index (χ0v) is 20.1. The maximum Gasteiger partial charge on any atom is 0.277 e. The van der Waals surface area contributed by atoms with Crippen molar-refractivity contribution in [3.05, 3.63) is 59.6 Å². The minimum atomic E-state index is -2.10. The Labute approximate surface area is 210 Å². The minimum Gasteiger partial charge on any atom is -0.496 e. The van der Waals surface area contributed by atoms with Crippen LogP contribution in [0.4, 0.5) is 10.1 Å². The van der Waals surface area contributed by atoms with Gasteiger partial charge in [0.1, 0.15) is 17.0 Å². The molecule has 2 N–H and O–H groups in total. The lowest BCUT2D eigenvalue weighted by atomic mass is 10.1. The molecule has 0 radical (unpaired) electrons. The Kier molecular flexibility index (Phi) is 6.55. The molecule has 3 aromatic heterocycles. The summed E-state index contributed by atoms with van der Waals surface area (Å²) in [6.07, 6.45) is 7.39. The first kappa shape index (κ1) is 23.7. The van der Waals surface area contributed by atoms with Gasteiger partial charge in [0.2, 0.25) is 0 Å². The summed E-state index contributed by atoms with van der Waals surface area (Å²) in [7, 11) is 1.47. The standard InChI is InChI=1S/C24H23ClFN7O3/c1-36-19-8-7-14(25)11-16(19)20-18(30-23(34)17-12-28-32-10-4-9-27-22(17)32)13-33(31-20)21(26)24(35)29-15-5-2-3-6-15/h4,7-13,15,21H,2-3,5-6H2,1H3,(H,29,35)(H,30,34). The molecule has 0 aliphatic heterocycles. The number of rotatable bonds is 7. The van der Waals surface area contributed by atoms with Gasteiger partial charge < -0.3 is 15.4 Å². The summed E-state index contributed by atoms with van der Waals surface area (Å²) in [6, 6.07) is 6.49. The lowest BCUT2D eigenvalue weighted by molar-refractivity contribution is -0.130. The van der Waals surface area contributed by atoms with Crippen LogP contribution in [0.3, 0.4) is 0 Å². The number of hydrogen-bond acceptors (Lipinski definition) is 6. The van der Waals surface area contributed by atoms with Gasteiger partial charge >= 0.3 is 0 Å². The lowest BCUT2D eigenvalue weighted by Gasteiger charge is -2.14. The van der Waals surface area contributed by atoms with Gasteiger partial charge in [-0.2, -0.15) is 10.2 Å². The molecule has 3 heterocycles. The first-order chi connectivity index (χ1) is 17.4. The number of hydrogen-bond donors (Lipinski definition) is 2. The average molecular weight is 512 g/mol. The van der Waals surface area contributed by atoms with Gasteiger partial charge in [0.15, 0.2) is 5.65 Å². The van der Waals surface area contributed by atoms with Gasteiger partial charge in [-0.05, 0) is 37.1 Å². The second kappa shape index (κ2) is 9.94. The highest BCUT2D eigenvalue weighted by Crippen LogP contribution is 2.37. The van der Waals surface area contributed by atoms with Crippen LogP contribution < -0.4 is 15.4 Å². The Balaban J connectivity index is 1.51. The number of halogens is 2. The van der Waals surface area contributed by atoms with E-state index in [1.165, 1.54) is 24.0 Å². The van der Waals surface area contributed by atoms with Crippen molar-refractivity contribution >= 4 is 34.7 Å². The van der Waals surface area contributed by atoms with E-state index in [4.69, 9.17) is 16.3 Å². The van der Waals surface area contributed by atoms with Crippen molar-refractivity contribution in [1.29, 1.82) is 0 Å². The summed E-state index contributed by atoms with van der Waals surface area (Å²) in [4.78, 5) is 30.0. The van der Waals surface area contributed by atoms with Crippen LogP contribution in [0, 0.1) is 0 Å². The minimum absolute atomic E-state index is 0.0545. The summed E-state index contributed by atoms with van der Waals surface area (Å²) < 4.78 is 23.0. The van der Waals surface area contributed by atoms with E-state index in [1.807, 2.05) is 0 Å². The van der Waals surface area contributed by atoms with Gasteiger partial charge in [0.05, 0.1) is 25.2 Å². The van der Waals surface area contributed by atoms with Crippen LogP contribution in [-0.4, -0.2) is 49.3 Å². The predicted molar refractivity (Wildman–Crippen MR) is 131 cm³/mol. The Morgan fingerprint density at radius 1 is 1.28 bits per heavy atom. The van der Waals surface area contributed by atoms with Crippen molar-refractivity contribution in [1.82, 2.24) is 29.7 Å². The number of fused-ring (bicyclic) bond motifs is 1. The number of nitrogens with zero attached hydrogens (tertiary/aromatic N) is 5. The molecule has 1 saturated carbocycles. The summed E-state index contributed by atoms with van der Waals surface area (Å²) in [5.74, 6) is -0.918. The zero-order valence-electron chi connectivity index (χ0n) is 19.3. The molecular formula is C24H23ClFN7O3. The smallest absolute Gasteiger partial charge is 0.277 e. The van der Waals surface area contributed by atoms with E-state index in [1.54, 1.807) is 36.7 Å². The number of alkyl halides is 1. The predicted octanol–water partition coefficient (Wildman–Crippen LogP) is 4.03. The lowest BCUT2D eigenvalue weighted by Crippen LogP contribution is -2.37. The zero-order chi connectivity index (χ0) is 25.2. The van der Waals surface area contributed by atoms with Crippen LogP contribution in [0.1, 0.15) is 42.3 Å². The highest BCUT2D eigenvalue weighted by molar-refractivity contribution is 6.31. The fourth-order valence-corrected chi connectivity index (χ4v) is 4.47. The molecule has 1 atom stereocenters. The fourth-order valence-electron chi connectivity index (χ4n) is 4.30. The van der Waals surface area contributed by atoms with E-state index >= 15 is 4.39 Å². The average Bonchev–Trinajstić information content (AvgIpc) is 3.63. The topological polar surface area (TPSA) is 115 Å². The maximum atomic E-state index is 15.3. The molecule has 186 valence electrons. The van der Waals surface area contributed by atoms with Crippen molar-refractivity contribution in [3.8, 4) is 17.0 Å². The van der Waals surface area contributed by atoms with E-state index in [0.29, 0.717) is 22.0 Å². The molecule has 0 bridgehead atoms. The molecule has 1 aliphatic carbocycles. The number of nitrogens with one attached hydrogen (secondary N) is 2. The second-order valence-electron chi connectivity index (χ2n) is 8.44. The van der Waals surface area contributed by atoms with Gasteiger partial charge in [0, 0.05) is 29.0 Å². The fraction of sp³-hybridized carbons (Fsp3) is 0.292. The number of aromatic nitrogens is 5. The number of ether oxygens (including phenoxy) is 1. The van der Waals surface area contributed by atoms with Crippen molar-refractivity contribution < 1.29 is 18.7 Å². The number of amides is 2. The monoisotopic (exact) mass is 511 g/mol. The highest BCUT2D eigenvalue weighted by Gasteiger charge is 2.28. The van der Waals surface area contributed by atoms with Crippen LogP contribution >= 0.6 is 11.6 Å². The molecule has 4 aromatic rings. The Hall–Kier alpha value is -3.99. The van der Waals surface area contributed by atoms with Crippen LogP contribution in [0.15, 0.2) is 49.1 Å². The van der Waals surface area contributed by atoms with Crippen LogP contribution in [0.5, 0.6) is 5.75 Å². The van der Waals surface area contributed by atoms with Crippen LogP contribution in [0.2, 0.25) is 5.02 Å². The van der Waals surface area contributed by atoms with Crippen LogP contribution in [0.25, 0.3) is 16.9 Å². The van der Waals surface area contributed by atoms with E-state index in [2.05, 4.69) is 25.8 Å². The molecule has 1 aliphatic rings. The van der Waals surface area contributed by atoms with E-state index < -0.39 is 18.1 Å². The van der Waals surface area contributed by atoms with Gasteiger partial charge in [0.25, 0.3) is 18.1 Å². The SMILES string of the molecule is COc1ccc(Cl)cc1-c1nn(C(F)C(=O)NC2CCCC2)cc1NC(=O)c1cnn2cccnc12. The summed E-state index contributed by atoms with van der Waals surface area (Å²) in [5, 5.41) is 14.3. The van der Waals surface area contributed by atoms with Crippen molar-refractivity contribution in [3.63, 3.8) is 0 Å². The van der Waals surface area contributed by atoms with Gasteiger partial charge in [-0.3, -0.25) is 9.59 Å².